The number of piperidine rings is 1. The summed E-state index contributed by atoms with van der Waals surface area (Å²) in [6.07, 6.45) is 4.99. The summed E-state index contributed by atoms with van der Waals surface area (Å²) in [6, 6.07) is 12.6. The predicted molar refractivity (Wildman–Crippen MR) is 105 cm³/mol. The number of hydrogen-bond donors (Lipinski definition) is 2. The van der Waals surface area contributed by atoms with E-state index in [0.29, 0.717) is 41.6 Å². The van der Waals surface area contributed by atoms with Crippen LogP contribution in [0, 0.1) is 11.7 Å². The number of halogens is 1. The van der Waals surface area contributed by atoms with Gasteiger partial charge in [0, 0.05) is 30.3 Å². The van der Waals surface area contributed by atoms with Crippen molar-refractivity contribution >= 4 is 11.6 Å². The van der Waals surface area contributed by atoms with Gasteiger partial charge in [-0.05, 0) is 55.9 Å². The van der Waals surface area contributed by atoms with E-state index in [1.165, 1.54) is 32.1 Å². The second-order valence-corrected chi connectivity index (χ2v) is 7.63. The summed E-state index contributed by atoms with van der Waals surface area (Å²) in [6.45, 7) is 0. The van der Waals surface area contributed by atoms with E-state index in [4.69, 9.17) is 9.47 Å². The van der Waals surface area contributed by atoms with Crippen LogP contribution < -0.4 is 20.1 Å². The molecule has 0 aliphatic carbocycles. The maximum atomic E-state index is 14.5. The van der Waals surface area contributed by atoms with Crippen LogP contribution in [0.1, 0.15) is 32.1 Å². The van der Waals surface area contributed by atoms with Gasteiger partial charge in [-0.1, -0.05) is 12.1 Å². The second kappa shape index (κ2) is 8.19. The number of hydrogen-bond acceptors (Lipinski definition) is 4. The topological polar surface area (TPSA) is 59.6 Å². The number of carbonyl (C=O) groups is 1. The van der Waals surface area contributed by atoms with E-state index < -0.39 is 5.82 Å². The number of benzene rings is 2. The molecular formula is C22H25FN2O3. The minimum Gasteiger partial charge on any atom is -0.493 e. The van der Waals surface area contributed by atoms with Crippen molar-refractivity contribution in [3.05, 3.63) is 48.3 Å². The molecule has 0 saturated carbocycles. The number of anilines is 1. The van der Waals surface area contributed by atoms with Crippen molar-refractivity contribution in [3.8, 4) is 17.2 Å². The smallest absolute Gasteiger partial charge is 0.224 e. The van der Waals surface area contributed by atoms with Crippen LogP contribution in [0.5, 0.6) is 17.2 Å². The molecule has 6 heteroatoms. The monoisotopic (exact) mass is 384 g/mol. The Morgan fingerprint density at radius 1 is 1.11 bits per heavy atom. The van der Waals surface area contributed by atoms with E-state index in [1.54, 1.807) is 24.3 Å². The van der Waals surface area contributed by atoms with Crippen LogP contribution in [0.3, 0.4) is 0 Å². The first-order chi connectivity index (χ1) is 13.6. The third-order valence-corrected chi connectivity index (χ3v) is 5.55. The lowest BCUT2D eigenvalue weighted by Crippen LogP contribution is -2.39. The zero-order chi connectivity index (χ0) is 19.5. The molecule has 2 aromatic rings. The highest BCUT2D eigenvalue weighted by atomic mass is 19.1. The molecule has 28 heavy (non-hydrogen) atoms. The van der Waals surface area contributed by atoms with Crippen molar-refractivity contribution in [3.63, 3.8) is 0 Å². The summed E-state index contributed by atoms with van der Waals surface area (Å²) in [5, 5.41) is 6.39. The van der Waals surface area contributed by atoms with Crippen LogP contribution in [0.25, 0.3) is 0 Å². The van der Waals surface area contributed by atoms with Gasteiger partial charge in [-0.15, -0.1) is 0 Å². The van der Waals surface area contributed by atoms with Gasteiger partial charge in [-0.2, -0.15) is 0 Å². The third kappa shape index (κ3) is 4.28. The molecule has 2 fully saturated rings. The fourth-order valence-corrected chi connectivity index (χ4v) is 4.30. The molecule has 1 amide bonds. The van der Waals surface area contributed by atoms with Gasteiger partial charge in [-0.25, -0.2) is 4.39 Å². The molecule has 2 N–H and O–H groups in total. The molecule has 0 aromatic heterocycles. The van der Waals surface area contributed by atoms with Crippen LogP contribution in [-0.2, 0) is 4.79 Å². The Hall–Kier alpha value is -2.60. The average Bonchev–Trinajstić information content (AvgIpc) is 3.02. The van der Waals surface area contributed by atoms with Gasteiger partial charge in [0.15, 0.2) is 23.1 Å². The molecule has 2 unspecified atom stereocenters. The lowest BCUT2D eigenvalue weighted by Gasteiger charge is -2.28. The quantitative estimate of drug-likeness (QED) is 0.771. The standard InChI is InChI=1S/C22H25FN2O3/c1-27-20-4-2-3-5-21(20)28-19-9-8-17(13-18(19)23)25-22(26)12-14-10-15-6-7-16(11-14)24-15/h2-5,8-9,13-16,24H,6-7,10-12H2,1H3,(H,25,26). The summed E-state index contributed by atoms with van der Waals surface area (Å²) in [4.78, 5) is 12.4. The van der Waals surface area contributed by atoms with Crippen LogP contribution in [-0.4, -0.2) is 25.1 Å². The SMILES string of the molecule is COc1ccccc1Oc1ccc(NC(=O)CC2CC3CCC(C2)N3)cc1F. The van der Waals surface area contributed by atoms with Crippen LogP contribution >= 0.6 is 0 Å². The molecule has 148 valence electrons. The molecular weight excluding hydrogens is 359 g/mol. The zero-order valence-electron chi connectivity index (χ0n) is 15.9. The van der Waals surface area contributed by atoms with E-state index in [2.05, 4.69) is 10.6 Å². The van der Waals surface area contributed by atoms with Crippen LogP contribution in [0.2, 0.25) is 0 Å². The van der Waals surface area contributed by atoms with E-state index in [1.807, 2.05) is 6.07 Å². The minimum absolute atomic E-state index is 0.0657. The summed E-state index contributed by atoms with van der Waals surface area (Å²) in [5.41, 5.74) is 0.437. The number of carbonyl (C=O) groups excluding carboxylic acids is 1. The van der Waals surface area contributed by atoms with Crippen molar-refractivity contribution in [2.75, 3.05) is 12.4 Å². The lowest BCUT2D eigenvalue weighted by atomic mass is 9.89. The fourth-order valence-electron chi connectivity index (χ4n) is 4.30. The Morgan fingerprint density at radius 3 is 2.50 bits per heavy atom. The molecule has 4 rings (SSSR count). The Labute approximate surface area is 164 Å². The van der Waals surface area contributed by atoms with Gasteiger partial charge in [0.25, 0.3) is 0 Å². The highest BCUT2D eigenvalue weighted by Crippen LogP contribution is 2.34. The number of nitrogens with one attached hydrogen (secondary N) is 2. The van der Waals surface area contributed by atoms with Gasteiger partial charge < -0.3 is 20.1 Å². The van der Waals surface area contributed by atoms with Crippen LogP contribution in [0.4, 0.5) is 10.1 Å². The van der Waals surface area contributed by atoms with Crippen molar-refractivity contribution in [1.29, 1.82) is 0 Å². The summed E-state index contributed by atoms with van der Waals surface area (Å²) in [7, 11) is 1.53. The van der Waals surface area contributed by atoms with E-state index in [9.17, 15) is 9.18 Å². The third-order valence-electron chi connectivity index (χ3n) is 5.55. The number of fused-ring (bicyclic) bond motifs is 2. The molecule has 2 saturated heterocycles. The summed E-state index contributed by atoms with van der Waals surface area (Å²) >= 11 is 0. The molecule has 2 bridgehead atoms. The molecule has 0 spiro atoms. The van der Waals surface area contributed by atoms with Crippen molar-refractivity contribution in [1.82, 2.24) is 5.32 Å². The summed E-state index contributed by atoms with van der Waals surface area (Å²) in [5.74, 6) is 0.832. The lowest BCUT2D eigenvalue weighted by molar-refractivity contribution is -0.117. The second-order valence-electron chi connectivity index (χ2n) is 7.63. The number of rotatable bonds is 6. The molecule has 2 aliphatic heterocycles. The predicted octanol–water partition coefficient (Wildman–Crippen LogP) is 4.49. The first-order valence-electron chi connectivity index (χ1n) is 9.77. The molecule has 5 nitrogen and oxygen atoms in total. The minimum atomic E-state index is -0.538. The van der Waals surface area contributed by atoms with Crippen LogP contribution in [0.15, 0.2) is 42.5 Å². The highest BCUT2D eigenvalue weighted by Gasteiger charge is 2.34. The highest BCUT2D eigenvalue weighted by molar-refractivity contribution is 5.90. The largest absolute Gasteiger partial charge is 0.493 e. The number of methoxy groups -OCH3 is 1. The first-order valence-corrected chi connectivity index (χ1v) is 9.77. The fraction of sp³-hybridized carbons (Fsp3) is 0.409. The molecule has 2 atom stereocenters. The number of para-hydroxylation sites is 2. The maximum Gasteiger partial charge on any atom is 0.224 e. The van der Waals surface area contributed by atoms with E-state index in [0.717, 1.165) is 12.8 Å². The molecule has 2 aliphatic rings. The Balaban J connectivity index is 1.37. The van der Waals surface area contributed by atoms with Gasteiger partial charge in [0.1, 0.15) is 0 Å². The number of ether oxygens (including phenoxy) is 2. The first kappa shape index (κ1) is 18.7. The van der Waals surface area contributed by atoms with Crippen molar-refractivity contribution in [2.45, 2.75) is 44.2 Å². The van der Waals surface area contributed by atoms with Gasteiger partial charge in [-0.3, -0.25) is 4.79 Å². The van der Waals surface area contributed by atoms with Crippen molar-refractivity contribution < 1.29 is 18.7 Å². The Kier molecular flexibility index (Phi) is 5.48. The molecule has 0 radical (unpaired) electrons. The van der Waals surface area contributed by atoms with Gasteiger partial charge >= 0.3 is 0 Å². The molecule has 2 aromatic carbocycles. The summed E-state index contributed by atoms with van der Waals surface area (Å²) < 4.78 is 25.3. The van der Waals surface area contributed by atoms with E-state index in [-0.39, 0.29) is 11.7 Å². The number of amides is 1. The van der Waals surface area contributed by atoms with E-state index >= 15 is 0 Å². The Bertz CT molecular complexity index is 845. The maximum absolute atomic E-state index is 14.5. The average molecular weight is 384 g/mol. The van der Waals surface area contributed by atoms with Gasteiger partial charge in [0.2, 0.25) is 5.91 Å². The Morgan fingerprint density at radius 2 is 1.82 bits per heavy atom. The van der Waals surface area contributed by atoms with Gasteiger partial charge in [0.05, 0.1) is 7.11 Å². The zero-order valence-corrected chi connectivity index (χ0v) is 15.9. The normalized spacial score (nSPS) is 23.3. The van der Waals surface area contributed by atoms with Crippen molar-refractivity contribution in [2.24, 2.45) is 5.92 Å². The molecule has 2 heterocycles.